The second kappa shape index (κ2) is 7.33. The number of amides is 1. The summed E-state index contributed by atoms with van der Waals surface area (Å²) in [6.45, 7) is 11.6. The van der Waals surface area contributed by atoms with Crippen LogP contribution in [0.3, 0.4) is 0 Å². The van der Waals surface area contributed by atoms with Crippen molar-refractivity contribution in [1.82, 2.24) is 4.90 Å². The van der Waals surface area contributed by atoms with Crippen LogP contribution in [0.5, 0.6) is 0 Å². The number of ketones is 1. The van der Waals surface area contributed by atoms with Crippen LogP contribution in [0.1, 0.15) is 80.1 Å². The first-order valence-electron chi connectivity index (χ1n) is 11.9. The number of aromatic carboxylic acids is 1. The number of likely N-dealkylation sites (N-methyl/N-ethyl adjacent to an activating group) is 1. The smallest absolute Gasteiger partial charge is 0.335 e. The number of hydrogen-bond acceptors (Lipinski definition) is 5. The van der Waals surface area contributed by atoms with Crippen LogP contribution in [0.25, 0.3) is 11.0 Å². The molecule has 1 aromatic carbocycles. The molecule has 1 atom stereocenters. The van der Waals surface area contributed by atoms with Crippen LogP contribution in [0.2, 0.25) is 0 Å². The lowest BCUT2D eigenvalue weighted by Crippen LogP contribution is -2.51. The van der Waals surface area contributed by atoms with E-state index in [1.54, 1.807) is 31.9 Å². The van der Waals surface area contributed by atoms with Gasteiger partial charge in [-0.15, -0.1) is 0 Å². The van der Waals surface area contributed by atoms with Crippen LogP contribution < -0.4 is 0 Å². The molecule has 2 aliphatic heterocycles. The highest BCUT2D eigenvalue weighted by Gasteiger charge is 2.50. The van der Waals surface area contributed by atoms with Gasteiger partial charge in [-0.05, 0) is 50.8 Å². The molecule has 1 aliphatic carbocycles. The van der Waals surface area contributed by atoms with Gasteiger partial charge in [0.1, 0.15) is 22.9 Å². The van der Waals surface area contributed by atoms with Gasteiger partial charge in [0.05, 0.1) is 17.1 Å². The molecule has 35 heavy (non-hydrogen) atoms. The maximum absolute atomic E-state index is 13.8. The van der Waals surface area contributed by atoms with E-state index in [4.69, 9.17) is 9.15 Å². The van der Waals surface area contributed by atoms with Crippen molar-refractivity contribution in [3.05, 3.63) is 57.2 Å². The second-order valence-corrected chi connectivity index (χ2v) is 11.5. The lowest BCUT2D eigenvalue weighted by Gasteiger charge is -2.46. The molecule has 3 heterocycles. The Hall–Kier alpha value is -3.35. The first-order valence-corrected chi connectivity index (χ1v) is 11.9. The Morgan fingerprint density at radius 1 is 1.03 bits per heavy atom. The molecule has 7 heteroatoms. The molecule has 0 fully saturated rings. The van der Waals surface area contributed by atoms with Gasteiger partial charge >= 0.3 is 5.97 Å². The molecule has 0 bridgehead atoms. The number of nitrogens with zero attached hydrogens (tertiary/aromatic N) is 1. The predicted molar refractivity (Wildman–Crippen MR) is 130 cm³/mol. The van der Waals surface area contributed by atoms with E-state index >= 15 is 0 Å². The summed E-state index contributed by atoms with van der Waals surface area (Å²) in [6, 6.07) is 3.39. The van der Waals surface area contributed by atoms with E-state index < -0.39 is 17.4 Å². The van der Waals surface area contributed by atoms with Gasteiger partial charge in [-0.2, -0.15) is 0 Å². The normalized spacial score (nSPS) is 23.4. The van der Waals surface area contributed by atoms with E-state index in [-0.39, 0.29) is 22.7 Å². The van der Waals surface area contributed by atoms with Gasteiger partial charge < -0.3 is 19.2 Å². The second-order valence-electron chi connectivity index (χ2n) is 11.5. The monoisotopic (exact) mass is 477 g/mol. The van der Waals surface area contributed by atoms with Crippen molar-refractivity contribution in [2.24, 2.45) is 5.41 Å². The third kappa shape index (κ3) is 3.43. The first-order chi connectivity index (χ1) is 16.2. The number of carboxylic acids is 1. The molecule has 0 spiro atoms. The summed E-state index contributed by atoms with van der Waals surface area (Å²) < 4.78 is 12.5. The molecule has 1 amide bonds. The van der Waals surface area contributed by atoms with Crippen LogP contribution in [0.15, 0.2) is 39.2 Å². The molecule has 0 saturated carbocycles. The SMILES string of the molecule is Cc1cc2c(C)c(C(=O)O)cc([C@@H]3C4=C(CC(C)(C)CC4=O)OC4=C3C(=O)N(C)C(C)(C)C4)c2o1. The average molecular weight is 478 g/mol. The van der Waals surface area contributed by atoms with Gasteiger partial charge in [0.2, 0.25) is 0 Å². The maximum Gasteiger partial charge on any atom is 0.335 e. The standard InChI is InChI=1S/C28H31NO6/c1-13-8-15-14(2)16(26(32)33)9-17(24(15)34-13)21-22-18(30)10-27(3,4)11-19(22)35-20-12-28(5,6)29(7)25(31)23(20)21/h8-9,21H,10-12H2,1-7H3,(H,32,33)/t21-/m1/s1. The van der Waals surface area contributed by atoms with E-state index in [1.165, 1.54) is 0 Å². The molecule has 0 saturated heterocycles. The summed E-state index contributed by atoms with van der Waals surface area (Å²) in [5, 5.41) is 10.7. The number of fused-ring (bicyclic) bond motifs is 1. The molecule has 3 aliphatic rings. The zero-order chi connectivity index (χ0) is 25.6. The van der Waals surface area contributed by atoms with Crippen molar-refractivity contribution in [1.29, 1.82) is 0 Å². The maximum atomic E-state index is 13.8. The minimum atomic E-state index is -1.07. The number of carbonyl (C=O) groups excluding carboxylic acids is 2. The van der Waals surface area contributed by atoms with Gasteiger partial charge in [-0.25, -0.2) is 4.79 Å². The number of hydrogen-bond donors (Lipinski definition) is 1. The van der Waals surface area contributed by atoms with Gasteiger partial charge in [-0.1, -0.05) is 13.8 Å². The molecular weight excluding hydrogens is 446 g/mol. The zero-order valence-electron chi connectivity index (χ0n) is 21.3. The van der Waals surface area contributed by atoms with Crippen LogP contribution in [0, 0.1) is 19.3 Å². The lowest BCUT2D eigenvalue weighted by atomic mass is 9.68. The van der Waals surface area contributed by atoms with Crippen LogP contribution in [-0.4, -0.2) is 40.3 Å². The Morgan fingerprint density at radius 3 is 2.34 bits per heavy atom. The Bertz CT molecular complexity index is 1400. The van der Waals surface area contributed by atoms with E-state index in [1.807, 2.05) is 33.8 Å². The molecule has 1 N–H and O–H groups in total. The number of furan rings is 1. The third-order valence-electron chi connectivity index (χ3n) is 7.81. The summed E-state index contributed by atoms with van der Waals surface area (Å²) in [6.07, 6.45) is 1.37. The summed E-state index contributed by atoms with van der Waals surface area (Å²) in [7, 11) is 1.75. The number of allylic oxidation sites excluding steroid dienone is 2. The van der Waals surface area contributed by atoms with Gasteiger partial charge in [0, 0.05) is 48.4 Å². The van der Waals surface area contributed by atoms with Crippen molar-refractivity contribution < 1.29 is 28.6 Å². The number of carbonyl (C=O) groups is 3. The van der Waals surface area contributed by atoms with Crippen LogP contribution in [0.4, 0.5) is 0 Å². The van der Waals surface area contributed by atoms with Gasteiger partial charge in [0.15, 0.2) is 5.78 Å². The Morgan fingerprint density at radius 2 is 1.69 bits per heavy atom. The largest absolute Gasteiger partial charge is 0.478 e. The highest BCUT2D eigenvalue weighted by Crippen LogP contribution is 2.53. The topological polar surface area (TPSA) is 97.0 Å². The molecule has 0 unspecified atom stereocenters. The minimum Gasteiger partial charge on any atom is -0.478 e. The van der Waals surface area contributed by atoms with E-state index in [2.05, 4.69) is 0 Å². The quantitative estimate of drug-likeness (QED) is 0.622. The number of ether oxygens (including phenoxy) is 1. The number of rotatable bonds is 2. The third-order valence-corrected chi connectivity index (χ3v) is 7.81. The number of Topliss-reactive ketones (excluding diaryl/α,β-unsaturated/α-hetero) is 1. The van der Waals surface area contributed by atoms with E-state index in [9.17, 15) is 19.5 Å². The fourth-order valence-electron chi connectivity index (χ4n) is 5.77. The highest BCUT2D eigenvalue weighted by molar-refractivity contribution is 6.07. The fourth-order valence-corrected chi connectivity index (χ4v) is 5.77. The number of benzene rings is 1. The van der Waals surface area contributed by atoms with Crippen molar-refractivity contribution in [2.45, 2.75) is 72.3 Å². The first kappa shape index (κ1) is 23.4. The van der Waals surface area contributed by atoms with Crippen molar-refractivity contribution in [3.8, 4) is 0 Å². The van der Waals surface area contributed by atoms with Crippen LogP contribution in [-0.2, 0) is 14.3 Å². The summed E-state index contributed by atoms with van der Waals surface area (Å²) in [5.41, 5.74) is 1.84. The minimum absolute atomic E-state index is 0.0815. The van der Waals surface area contributed by atoms with Gasteiger partial charge in [-0.3, -0.25) is 9.59 Å². The van der Waals surface area contributed by atoms with Crippen molar-refractivity contribution >= 4 is 28.6 Å². The summed E-state index contributed by atoms with van der Waals surface area (Å²) in [4.78, 5) is 41.3. The molecular formula is C28H31NO6. The average Bonchev–Trinajstić information content (AvgIpc) is 3.12. The molecule has 0 radical (unpaired) electrons. The molecule has 184 valence electrons. The Labute approximate surface area is 204 Å². The zero-order valence-corrected chi connectivity index (χ0v) is 21.3. The molecule has 2 aromatic rings. The molecule has 5 rings (SSSR count). The highest BCUT2D eigenvalue weighted by atomic mass is 16.5. The Kier molecular flexibility index (Phi) is 4.90. The number of carboxylic acid groups (broad SMARTS) is 1. The van der Waals surface area contributed by atoms with Crippen molar-refractivity contribution in [3.63, 3.8) is 0 Å². The fraction of sp³-hybridized carbons (Fsp3) is 0.464. The molecule has 7 nitrogen and oxygen atoms in total. The van der Waals surface area contributed by atoms with Crippen LogP contribution >= 0.6 is 0 Å². The van der Waals surface area contributed by atoms with E-state index in [0.717, 1.165) is 0 Å². The summed E-state index contributed by atoms with van der Waals surface area (Å²) in [5.74, 6) is -0.356. The summed E-state index contributed by atoms with van der Waals surface area (Å²) >= 11 is 0. The molecule has 1 aromatic heterocycles. The van der Waals surface area contributed by atoms with E-state index in [0.29, 0.717) is 69.8 Å². The predicted octanol–water partition coefficient (Wildman–Crippen LogP) is 5.40. The number of aryl methyl sites for hydroxylation is 2. The lowest BCUT2D eigenvalue weighted by molar-refractivity contribution is -0.133. The van der Waals surface area contributed by atoms with Gasteiger partial charge in [0.25, 0.3) is 5.91 Å². The Balaban J connectivity index is 1.86. The van der Waals surface area contributed by atoms with Crippen molar-refractivity contribution in [2.75, 3.05) is 7.05 Å².